The molecule has 0 atom stereocenters. The highest BCUT2D eigenvalue weighted by atomic mass is 32.2. The smallest absolute Gasteiger partial charge is 0.261 e. The van der Waals surface area contributed by atoms with Gasteiger partial charge in [-0.25, -0.2) is 12.7 Å². The number of aliphatic imine (C=N–C) groups is 1. The highest BCUT2D eigenvalue weighted by molar-refractivity contribution is 8.15. The van der Waals surface area contributed by atoms with Crippen LogP contribution in [0.25, 0.3) is 10.8 Å². The van der Waals surface area contributed by atoms with Crippen LogP contribution in [0.4, 0.5) is 5.69 Å². The average molecular weight is 397 g/mol. The molecule has 0 spiro atoms. The molecule has 6 heteroatoms. The van der Waals surface area contributed by atoms with Crippen LogP contribution in [-0.4, -0.2) is 25.9 Å². The fraction of sp³-hybridized carbons (Fsp3) is 0.190. The van der Waals surface area contributed by atoms with Gasteiger partial charge in [-0.05, 0) is 36.9 Å². The van der Waals surface area contributed by atoms with E-state index in [2.05, 4.69) is 4.99 Å². The largest absolute Gasteiger partial charge is 0.270 e. The first-order chi connectivity index (χ1) is 13.1. The minimum absolute atomic E-state index is 0.273. The predicted molar refractivity (Wildman–Crippen MR) is 114 cm³/mol. The lowest BCUT2D eigenvalue weighted by Gasteiger charge is -2.28. The zero-order valence-electron chi connectivity index (χ0n) is 15.0. The predicted octanol–water partition coefficient (Wildman–Crippen LogP) is 4.84. The van der Waals surface area contributed by atoms with Gasteiger partial charge in [0.2, 0.25) is 0 Å². The minimum Gasteiger partial charge on any atom is -0.261 e. The van der Waals surface area contributed by atoms with Gasteiger partial charge < -0.3 is 0 Å². The Labute approximate surface area is 164 Å². The van der Waals surface area contributed by atoms with Gasteiger partial charge in [0.1, 0.15) is 0 Å². The van der Waals surface area contributed by atoms with Gasteiger partial charge in [0.05, 0.1) is 10.6 Å². The van der Waals surface area contributed by atoms with E-state index in [4.69, 9.17) is 0 Å². The lowest BCUT2D eigenvalue weighted by atomic mass is 10.1. The monoisotopic (exact) mass is 396 g/mol. The summed E-state index contributed by atoms with van der Waals surface area (Å²) < 4.78 is 28.7. The van der Waals surface area contributed by atoms with E-state index in [0.29, 0.717) is 17.4 Å². The maximum atomic E-state index is 13.6. The highest BCUT2D eigenvalue weighted by Gasteiger charge is 2.31. The van der Waals surface area contributed by atoms with E-state index in [0.717, 1.165) is 28.5 Å². The molecule has 0 bridgehead atoms. The standard InChI is InChI=1S/C21H20N2O2S2/c1-16-10-12-18(13-11-16)27(24,25)23(21-22-14-5-15-26-21)20-9-4-7-17-6-2-3-8-19(17)20/h2-4,6-13H,5,14-15H2,1H3. The van der Waals surface area contributed by atoms with E-state index in [-0.39, 0.29) is 4.90 Å². The first-order valence-corrected chi connectivity index (χ1v) is 11.3. The second-order valence-electron chi connectivity index (χ2n) is 6.45. The van der Waals surface area contributed by atoms with E-state index in [1.165, 1.54) is 16.1 Å². The summed E-state index contributed by atoms with van der Waals surface area (Å²) in [5, 5.41) is 2.43. The topological polar surface area (TPSA) is 49.7 Å². The van der Waals surface area contributed by atoms with Gasteiger partial charge in [0, 0.05) is 17.7 Å². The fourth-order valence-corrected chi connectivity index (χ4v) is 5.79. The lowest BCUT2D eigenvalue weighted by Crippen LogP contribution is -2.37. The Hall–Kier alpha value is -2.31. The number of hydrogen-bond acceptors (Lipinski definition) is 4. The summed E-state index contributed by atoms with van der Waals surface area (Å²) in [5.74, 6) is 0.865. The Morgan fingerprint density at radius 3 is 2.44 bits per heavy atom. The van der Waals surface area contributed by atoms with Gasteiger partial charge >= 0.3 is 0 Å². The molecule has 0 amide bonds. The molecule has 0 aliphatic carbocycles. The van der Waals surface area contributed by atoms with Crippen molar-refractivity contribution < 1.29 is 8.42 Å². The molecule has 4 nitrogen and oxygen atoms in total. The second-order valence-corrected chi connectivity index (χ2v) is 9.30. The van der Waals surface area contributed by atoms with Crippen LogP contribution in [0, 0.1) is 6.92 Å². The summed E-state index contributed by atoms with van der Waals surface area (Å²) in [7, 11) is -3.78. The molecule has 27 heavy (non-hydrogen) atoms. The summed E-state index contributed by atoms with van der Waals surface area (Å²) in [5.41, 5.74) is 1.66. The van der Waals surface area contributed by atoms with Gasteiger partial charge in [0.15, 0.2) is 5.17 Å². The molecule has 0 saturated heterocycles. The summed E-state index contributed by atoms with van der Waals surface area (Å²) in [6, 6.07) is 20.5. The van der Waals surface area contributed by atoms with Crippen molar-refractivity contribution in [2.24, 2.45) is 4.99 Å². The number of sulfonamides is 1. The number of fused-ring (bicyclic) bond motifs is 1. The Morgan fingerprint density at radius 1 is 0.963 bits per heavy atom. The van der Waals surface area contributed by atoms with Crippen LogP contribution in [0.15, 0.2) is 76.6 Å². The molecule has 0 unspecified atom stereocenters. The normalized spacial score (nSPS) is 14.8. The van der Waals surface area contributed by atoms with Crippen molar-refractivity contribution in [1.82, 2.24) is 0 Å². The van der Waals surface area contributed by atoms with Crippen LogP contribution in [0.5, 0.6) is 0 Å². The van der Waals surface area contributed by atoms with Crippen molar-refractivity contribution in [2.75, 3.05) is 16.6 Å². The molecule has 1 aliphatic rings. The number of nitrogens with zero attached hydrogens (tertiary/aromatic N) is 2. The van der Waals surface area contributed by atoms with E-state index in [1.54, 1.807) is 12.1 Å². The van der Waals surface area contributed by atoms with Crippen LogP contribution in [0.1, 0.15) is 12.0 Å². The quantitative estimate of drug-likeness (QED) is 0.637. The van der Waals surface area contributed by atoms with Crippen LogP contribution in [-0.2, 0) is 10.0 Å². The molecule has 1 heterocycles. The maximum absolute atomic E-state index is 13.6. The molecule has 0 saturated carbocycles. The van der Waals surface area contributed by atoms with Gasteiger partial charge in [0.25, 0.3) is 10.0 Å². The Bertz CT molecular complexity index is 1100. The van der Waals surface area contributed by atoms with E-state index in [9.17, 15) is 8.42 Å². The maximum Gasteiger partial charge on any atom is 0.270 e. The molecule has 3 aromatic rings. The molecule has 0 aromatic heterocycles. The minimum atomic E-state index is -3.78. The molecule has 0 fully saturated rings. The second kappa shape index (κ2) is 7.37. The lowest BCUT2D eigenvalue weighted by molar-refractivity contribution is 0.597. The van der Waals surface area contributed by atoms with Crippen molar-refractivity contribution in [3.05, 3.63) is 72.3 Å². The first kappa shape index (κ1) is 18.1. The number of amidine groups is 1. The number of thioether (sulfide) groups is 1. The van der Waals surface area contributed by atoms with Crippen molar-refractivity contribution in [1.29, 1.82) is 0 Å². The summed E-state index contributed by atoms with van der Waals surface area (Å²) >= 11 is 1.50. The van der Waals surface area contributed by atoms with Crippen LogP contribution in [0.3, 0.4) is 0 Å². The van der Waals surface area contributed by atoms with Crippen molar-refractivity contribution in [3.8, 4) is 0 Å². The van der Waals surface area contributed by atoms with E-state index in [1.807, 2.05) is 61.5 Å². The zero-order chi connectivity index (χ0) is 18.9. The van der Waals surface area contributed by atoms with Gasteiger partial charge in [-0.3, -0.25) is 4.99 Å². The van der Waals surface area contributed by atoms with Crippen LogP contribution < -0.4 is 4.31 Å². The Morgan fingerprint density at radius 2 is 1.70 bits per heavy atom. The Kier molecular flexibility index (Phi) is 4.93. The Balaban J connectivity index is 1.95. The van der Waals surface area contributed by atoms with E-state index < -0.39 is 10.0 Å². The van der Waals surface area contributed by atoms with Crippen LogP contribution >= 0.6 is 11.8 Å². The van der Waals surface area contributed by atoms with Crippen LogP contribution in [0.2, 0.25) is 0 Å². The molecule has 0 radical (unpaired) electrons. The molecule has 4 rings (SSSR count). The number of benzene rings is 3. The van der Waals surface area contributed by atoms with Gasteiger partial charge in [-0.2, -0.15) is 0 Å². The van der Waals surface area contributed by atoms with Crippen molar-refractivity contribution >= 4 is 43.4 Å². The number of hydrogen-bond donors (Lipinski definition) is 0. The molecular weight excluding hydrogens is 376 g/mol. The third-order valence-electron chi connectivity index (χ3n) is 4.50. The van der Waals surface area contributed by atoms with E-state index >= 15 is 0 Å². The molecule has 3 aromatic carbocycles. The highest BCUT2D eigenvalue weighted by Crippen LogP contribution is 2.34. The molecule has 0 N–H and O–H groups in total. The third-order valence-corrected chi connectivity index (χ3v) is 7.40. The summed E-state index contributed by atoms with van der Waals surface area (Å²) in [4.78, 5) is 4.82. The third kappa shape index (κ3) is 3.47. The molecule has 1 aliphatic heterocycles. The SMILES string of the molecule is Cc1ccc(S(=O)(=O)N(C2=NCCCS2)c2cccc3ccccc23)cc1. The molecular formula is C21H20N2O2S2. The first-order valence-electron chi connectivity index (χ1n) is 8.84. The average Bonchev–Trinajstić information content (AvgIpc) is 2.69. The number of rotatable bonds is 3. The fourth-order valence-electron chi connectivity index (χ4n) is 3.11. The van der Waals surface area contributed by atoms with Crippen molar-refractivity contribution in [2.45, 2.75) is 18.2 Å². The zero-order valence-corrected chi connectivity index (χ0v) is 16.6. The van der Waals surface area contributed by atoms with Gasteiger partial charge in [-0.15, -0.1) is 0 Å². The number of anilines is 1. The van der Waals surface area contributed by atoms with Gasteiger partial charge in [-0.1, -0.05) is 65.9 Å². The summed E-state index contributed by atoms with van der Waals surface area (Å²) in [6.45, 7) is 2.59. The van der Waals surface area contributed by atoms with Crippen molar-refractivity contribution in [3.63, 3.8) is 0 Å². The molecule has 138 valence electrons. The summed E-state index contributed by atoms with van der Waals surface area (Å²) in [6.07, 6.45) is 0.960. The number of aryl methyl sites for hydroxylation is 1.